The first-order valence-electron chi connectivity index (χ1n) is 4.22. The Morgan fingerprint density at radius 3 is 2.75 bits per heavy atom. The number of amides is 1. The number of nitrogens with one attached hydrogen (secondary N) is 1. The molecule has 4 nitrogen and oxygen atoms in total. The molecule has 1 fully saturated rings. The molecule has 2 unspecified atom stereocenters. The first kappa shape index (κ1) is 9.48. The summed E-state index contributed by atoms with van der Waals surface area (Å²) >= 11 is 0. The Morgan fingerprint density at radius 1 is 1.67 bits per heavy atom. The maximum atomic E-state index is 11.5. The Balaban J connectivity index is 2.51. The lowest BCUT2D eigenvalue weighted by Crippen LogP contribution is -2.43. The van der Waals surface area contributed by atoms with Crippen LogP contribution in [0.4, 0.5) is 0 Å². The number of nitrogens with zero attached hydrogens (tertiary/aromatic N) is 1. The molecule has 1 N–H and O–H groups in total. The third-order valence-corrected chi connectivity index (χ3v) is 2.38. The molecule has 2 atom stereocenters. The van der Waals surface area contributed by atoms with Crippen molar-refractivity contribution >= 4 is 5.91 Å². The number of carbonyl (C=O) groups is 1. The average Bonchev–Trinajstić information content (AvgIpc) is 2.48. The van der Waals surface area contributed by atoms with Gasteiger partial charge in [0.25, 0.3) is 5.91 Å². The Labute approximate surface area is 72.8 Å². The summed E-state index contributed by atoms with van der Waals surface area (Å²) in [4.78, 5) is 16.3. The van der Waals surface area contributed by atoms with Gasteiger partial charge in [-0.2, -0.15) is 0 Å². The lowest BCUT2D eigenvalue weighted by Gasteiger charge is -2.20. The molecule has 1 rings (SSSR count). The van der Waals surface area contributed by atoms with Gasteiger partial charge in [-0.3, -0.25) is 9.63 Å². The van der Waals surface area contributed by atoms with E-state index in [1.165, 1.54) is 12.2 Å². The monoisotopic (exact) mass is 172 g/mol. The molecule has 0 saturated carbocycles. The van der Waals surface area contributed by atoms with Crippen LogP contribution in [-0.2, 0) is 9.63 Å². The van der Waals surface area contributed by atoms with Gasteiger partial charge in [0.2, 0.25) is 0 Å². The van der Waals surface area contributed by atoms with Crippen molar-refractivity contribution in [1.82, 2.24) is 10.4 Å². The van der Waals surface area contributed by atoms with Gasteiger partial charge >= 0.3 is 0 Å². The second-order valence-electron chi connectivity index (χ2n) is 3.22. The highest BCUT2D eigenvalue weighted by molar-refractivity contribution is 5.81. The van der Waals surface area contributed by atoms with Crippen LogP contribution in [0.1, 0.15) is 13.3 Å². The third kappa shape index (κ3) is 1.76. The lowest BCUT2D eigenvalue weighted by molar-refractivity contribution is -0.171. The number of hydrogen-bond donors (Lipinski definition) is 1. The van der Waals surface area contributed by atoms with Crippen LogP contribution < -0.4 is 5.32 Å². The van der Waals surface area contributed by atoms with Crippen molar-refractivity contribution < 1.29 is 9.63 Å². The molecule has 0 aromatic heterocycles. The summed E-state index contributed by atoms with van der Waals surface area (Å²) < 4.78 is 0. The lowest BCUT2D eigenvalue weighted by atomic mass is 10.0. The van der Waals surface area contributed by atoms with Crippen molar-refractivity contribution in [2.75, 3.05) is 20.7 Å². The van der Waals surface area contributed by atoms with Gasteiger partial charge in [0.1, 0.15) is 0 Å². The topological polar surface area (TPSA) is 41.6 Å². The number of hydroxylamine groups is 2. The molecular formula is C8H16N2O2. The van der Waals surface area contributed by atoms with Crippen molar-refractivity contribution in [3.63, 3.8) is 0 Å². The van der Waals surface area contributed by atoms with Gasteiger partial charge in [-0.05, 0) is 18.9 Å². The van der Waals surface area contributed by atoms with Crippen molar-refractivity contribution in [2.24, 2.45) is 5.92 Å². The van der Waals surface area contributed by atoms with E-state index in [4.69, 9.17) is 4.84 Å². The van der Waals surface area contributed by atoms with Crippen LogP contribution in [0.5, 0.6) is 0 Å². The van der Waals surface area contributed by atoms with Crippen LogP contribution in [0.25, 0.3) is 0 Å². The minimum Gasteiger partial charge on any atom is -0.306 e. The molecule has 12 heavy (non-hydrogen) atoms. The maximum absolute atomic E-state index is 11.5. The predicted octanol–water partition coefficient (Wildman–Crippen LogP) is 0.00420. The first-order chi connectivity index (χ1) is 5.66. The van der Waals surface area contributed by atoms with E-state index in [1.807, 2.05) is 0 Å². The largest absolute Gasteiger partial charge is 0.306 e. The summed E-state index contributed by atoms with van der Waals surface area (Å²) in [5, 5.41) is 4.43. The number of hydrogen-bond acceptors (Lipinski definition) is 3. The van der Waals surface area contributed by atoms with Gasteiger partial charge in [-0.15, -0.1) is 0 Å². The molecule has 0 aliphatic carbocycles. The summed E-state index contributed by atoms with van der Waals surface area (Å²) in [7, 11) is 3.13. The van der Waals surface area contributed by atoms with Gasteiger partial charge < -0.3 is 5.32 Å². The zero-order valence-electron chi connectivity index (χ0n) is 7.83. The number of likely N-dealkylation sites (N-methyl/N-ethyl adjacent to an activating group) is 1. The van der Waals surface area contributed by atoms with Crippen molar-refractivity contribution in [3.05, 3.63) is 0 Å². The first-order valence-corrected chi connectivity index (χ1v) is 4.22. The summed E-state index contributed by atoms with van der Waals surface area (Å²) in [6.45, 7) is 3.00. The van der Waals surface area contributed by atoms with E-state index in [0.29, 0.717) is 5.92 Å². The Bertz CT molecular complexity index is 172. The molecule has 70 valence electrons. The minimum atomic E-state index is -0.0602. The van der Waals surface area contributed by atoms with Crippen LogP contribution in [0, 0.1) is 5.92 Å². The van der Waals surface area contributed by atoms with Crippen molar-refractivity contribution in [1.29, 1.82) is 0 Å². The quantitative estimate of drug-likeness (QED) is 0.596. The van der Waals surface area contributed by atoms with Crippen molar-refractivity contribution in [2.45, 2.75) is 19.4 Å². The molecule has 0 spiro atoms. The average molecular weight is 172 g/mol. The van der Waals surface area contributed by atoms with Gasteiger partial charge in [-0.1, -0.05) is 6.92 Å². The molecule has 1 saturated heterocycles. The van der Waals surface area contributed by atoms with Crippen LogP contribution in [0.3, 0.4) is 0 Å². The highest BCUT2D eigenvalue weighted by Gasteiger charge is 2.31. The van der Waals surface area contributed by atoms with Crippen LogP contribution in [-0.4, -0.2) is 37.7 Å². The molecule has 0 aromatic carbocycles. The molecule has 0 bridgehead atoms. The standard InChI is InChI=1S/C8H16N2O2/c1-6-4-5-9-7(6)8(11)10(2)12-3/h6-7,9H,4-5H2,1-3H3. The molecular weight excluding hydrogens is 156 g/mol. The highest BCUT2D eigenvalue weighted by Crippen LogP contribution is 2.15. The molecule has 1 aliphatic heterocycles. The summed E-state index contributed by atoms with van der Waals surface area (Å²) in [5.74, 6) is 0.428. The van der Waals surface area contributed by atoms with E-state index in [9.17, 15) is 4.79 Å². The SMILES string of the molecule is CON(C)C(=O)C1NCCC1C. The molecule has 1 amide bonds. The molecule has 4 heteroatoms. The number of rotatable bonds is 2. The molecule has 1 heterocycles. The van der Waals surface area contributed by atoms with E-state index < -0.39 is 0 Å². The smallest absolute Gasteiger partial charge is 0.263 e. The van der Waals surface area contributed by atoms with Crippen LogP contribution in [0.15, 0.2) is 0 Å². The third-order valence-electron chi connectivity index (χ3n) is 2.38. The van der Waals surface area contributed by atoms with Crippen LogP contribution in [0.2, 0.25) is 0 Å². The van der Waals surface area contributed by atoms with E-state index in [2.05, 4.69) is 12.2 Å². The molecule has 0 radical (unpaired) electrons. The Morgan fingerprint density at radius 2 is 2.33 bits per heavy atom. The zero-order chi connectivity index (χ0) is 9.14. The zero-order valence-corrected chi connectivity index (χ0v) is 7.83. The maximum Gasteiger partial charge on any atom is 0.263 e. The second kappa shape index (κ2) is 3.87. The Hall–Kier alpha value is -0.610. The molecule has 0 aromatic rings. The second-order valence-corrected chi connectivity index (χ2v) is 3.22. The summed E-state index contributed by atoms with van der Waals surface area (Å²) in [6.07, 6.45) is 1.06. The summed E-state index contributed by atoms with van der Waals surface area (Å²) in [5.41, 5.74) is 0. The fourth-order valence-corrected chi connectivity index (χ4v) is 1.45. The van der Waals surface area contributed by atoms with E-state index in [1.54, 1.807) is 7.05 Å². The van der Waals surface area contributed by atoms with Gasteiger partial charge in [0.15, 0.2) is 0 Å². The van der Waals surface area contributed by atoms with Gasteiger partial charge in [0.05, 0.1) is 13.2 Å². The normalized spacial score (nSPS) is 28.9. The summed E-state index contributed by atoms with van der Waals surface area (Å²) in [6, 6.07) is -0.0602. The number of carbonyl (C=O) groups excluding carboxylic acids is 1. The van der Waals surface area contributed by atoms with Crippen molar-refractivity contribution in [3.8, 4) is 0 Å². The van der Waals surface area contributed by atoms with Gasteiger partial charge in [0, 0.05) is 7.05 Å². The minimum absolute atomic E-state index is 0.0162. The van der Waals surface area contributed by atoms with Gasteiger partial charge in [-0.25, -0.2) is 5.06 Å². The fraction of sp³-hybridized carbons (Fsp3) is 0.875. The highest BCUT2D eigenvalue weighted by atomic mass is 16.7. The van der Waals surface area contributed by atoms with E-state index in [0.717, 1.165) is 13.0 Å². The predicted molar refractivity (Wildman–Crippen MR) is 45.4 cm³/mol. The fourth-order valence-electron chi connectivity index (χ4n) is 1.45. The van der Waals surface area contributed by atoms with Crippen LogP contribution >= 0.6 is 0 Å². The molecule has 1 aliphatic rings. The van der Waals surface area contributed by atoms with E-state index in [-0.39, 0.29) is 11.9 Å². The Kier molecular flexibility index (Phi) is 3.05. The van der Waals surface area contributed by atoms with E-state index >= 15 is 0 Å².